The molecule has 0 fully saturated rings. The maximum atomic E-state index is 5.58. The number of benzene rings is 1. The third-order valence-corrected chi connectivity index (χ3v) is 5.55. The van der Waals surface area contributed by atoms with Crippen LogP contribution in [0.2, 0.25) is 0 Å². The number of hydrogen-bond donors (Lipinski definition) is 1. The molecule has 0 aliphatic rings. The van der Waals surface area contributed by atoms with Crippen LogP contribution in [0.4, 0.5) is 5.82 Å². The summed E-state index contributed by atoms with van der Waals surface area (Å²) in [6.07, 6.45) is 7.39. The number of hydrogen-bond acceptors (Lipinski definition) is 6. The molecule has 0 saturated carbocycles. The van der Waals surface area contributed by atoms with Gasteiger partial charge in [-0.15, -0.1) is 0 Å². The second-order valence-corrected chi connectivity index (χ2v) is 8.06. The minimum atomic E-state index is 0.0363. The van der Waals surface area contributed by atoms with Gasteiger partial charge in [0, 0.05) is 42.0 Å². The Kier molecular flexibility index (Phi) is 4.93. The maximum Gasteiger partial charge on any atom is 0.134 e. The summed E-state index contributed by atoms with van der Waals surface area (Å²) in [7, 11) is 1.90. The summed E-state index contributed by atoms with van der Waals surface area (Å²) in [6, 6.07) is 12.3. The summed E-state index contributed by atoms with van der Waals surface area (Å²) in [4.78, 5) is 13.8. The van der Waals surface area contributed by atoms with Gasteiger partial charge in [0.25, 0.3) is 0 Å². The van der Waals surface area contributed by atoms with Crippen molar-refractivity contribution in [1.29, 1.82) is 0 Å². The number of nitrogens with one attached hydrogen (secondary N) is 1. The number of pyridine rings is 1. The first-order chi connectivity index (χ1) is 15.5. The molecule has 0 spiro atoms. The van der Waals surface area contributed by atoms with Crippen molar-refractivity contribution in [3.8, 4) is 22.5 Å². The van der Waals surface area contributed by atoms with Crippen LogP contribution in [-0.4, -0.2) is 24.7 Å². The largest absolute Gasteiger partial charge is 0.464 e. The van der Waals surface area contributed by atoms with Crippen molar-refractivity contribution in [3.63, 3.8) is 0 Å². The second kappa shape index (κ2) is 7.92. The molecule has 0 aliphatic heterocycles. The van der Waals surface area contributed by atoms with E-state index < -0.39 is 0 Å². The molecule has 0 unspecified atom stereocenters. The molecule has 7 nitrogen and oxygen atoms in total. The van der Waals surface area contributed by atoms with Crippen molar-refractivity contribution in [1.82, 2.24) is 24.7 Å². The number of rotatable bonds is 5. The Balaban J connectivity index is 1.43. The molecule has 7 heteroatoms. The fraction of sp³-hybridized carbons (Fsp3) is 0.200. The van der Waals surface area contributed by atoms with Crippen LogP contribution < -0.4 is 5.32 Å². The Hall–Kier alpha value is -4.00. The molecule has 0 radical (unpaired) electrons. The van der Waals surface area contributed by atoms with Crippen molar-refractivity contribution in [2.75, 3.05) is 5.32 Å². The lowest BCUT2D eigenvalue weighted by Crippen LogP contribution is -2.09. The van der Waals surface area contributed by atoms with Gasteiger partial charge in [-0.3, -0.25) is 9.67 Å². The highest BCUT2D eigenvalue weighted by Gasteiger charge is 2.12. The van der Waals surface area contributed by atoms with E-state index in [2.05, 4.69) is 44.4 Å². The molecule has 0 aliphatic carbocycles. The molecular formula is C25H24N6O. The van der Waals surface area contributed by atoms with E-state index in [1.807, 2.05) is 63.8 Å². The van der Waals surface area contributed by atoms with Crippen molar-refractivity contribution in [3.05, 3.63) is 78.2 Å². The van der Waals surface area contributed by atoms with Crippen LogP contribution >= 0.6 is 0 Å². The van der Waals surface area contributed by atoms with Crippen molar-refractivity contribution >= 4 is 16.8 Å². The topological polar surface area (TPSA) is 81.7 Å². The van der Waals surface area contributed by atoms with Gasteiger partial charge >= 0.3 is 0 Å². The van der Waals surface area contributed by atoms with E-state index in [4.69, 9.17) is 4.42 Å². The van der Waals surface area contributed by atoms with Crippen LogP contribution in [0.3, 0.4) is 0 Å². The Morgan fingerprint density at radius 2 is 1.88 bits per heavy atom. The predicted molar refractivity (Wildman–Crippen MR) is 125 cm³/mol. The molecule has 0 bridgehead atoms. The van der Waals surface area contributed by atoms with Gasteiger partial charge < -0.3 is 9.73 Å². The molecule has 1 N–H and O–H groups in total. The van der Waals surface area contributed by atoms with Crippen molar-refractivity contribution in [2.45, 2.75) is 26.8 Å². The highest BCUT2D eigenvalue weighted by molar-refractivity contribution is 5.85. The zero-order valence-electron chi connectivity index (χ0n) is 18.5. The Bertz CT molecular complexity index is 1420. The first-order valence-corrected chi connectivity index (χ1v) is 10.5. The third-order valence-electron chi connectivity index (χ3n) is 5.55. The number of nitrogens with zero attached hydrogens (tertiary/aromatic N) is 5. The number of aryl methyl sites for hydroxylation is 3. The van der Waals surface area contributed by atoms with Gasteiger partial charge in [0.2, 0.25) is 0 Å². The summed E-state index contributed by atoms with van der Waals surface area (Å²) < 4.78 is 7.35. The monoisotopic (exact) mass is 424 g/mol. The minimum absolute atomic E-state index is 0.0363. The number of furan rings is 1. The molecule has 1 aromatic carbocycles. The molecule has 0 amide bonds. The van der Waals surface area contributed by atoms with Crippen LogP contribution in [0.25, 0.3) is 33.5 Å². The van der Waals surface area contributed by atoms with Crippen molar-refractivity contribution in [2.24, 2.45) is 7.05 Å². The fourth-order valence-corrected chi connectivity index (χ4v) is 3.84. The molecule has 160 valence electrons. The molecule has 0 saturated heterocycles. The fourth-order valence-electron chi connectivity index (χ4n) is 3.84. The summed E-state index contributed by atoms with van der Waals surface area (Å²) in [6.45, 7) is 6.07. The number of fused-ring (bicyclic) bond motifs is 1. The van der Waals surface area contributed by atoms with E-state index in [1.165, 1.54) is 0 Å². The molecular weight excluding hydrogens is 400 g/mol. The zero-order valence-corrected chi connectivity index (χ0v) is 18.5. The molecule has 5 rings (SSSR count). The van der Waals surface area contributed by atoms with Crippen LogP contribution in [0.15, 0.2) is 65.7 Å². The third kappa shape index (κ3) is 3.85. The van der Waals surface area contributed by atoms with E-state index in [0.29, 0.717) is 5.82 Å². The number of anilines is 1. The highest BCUT2D eigenvalue weighted by atomic mass is 16.3. The second-order valence-electron chi connectivity index (χ2n) is 8.06. The molecule has 5 aromatic rings. The lowest BCUT2D eigenvalue weighted by molar-refractivity contribution is 0.613. The predicted octanol–water partition coefficient (Wildman–Crippen LogP) is 5.48. The van der Waals surface area contributed by atoms with E-state index in [9.17, 15) is 0 Å². The van der Waals surface area contributed by atoms with Gasteiger partial charge in [-0.1, -0.05) is 0 Å². The van der Waals surface area contributed by atoms with Gasteiger partial charge in [0.05, 0.1) is 29.9 Å². The van der Waals surface area contributed by atoms with Gasteiger partial charge in [0.1, 0.15) is 17.2 Å². The molecule has 1 atom stereocenters. The SMILES string of the molecule is Cc1nc(N[C@H](C)c2ccnc(-c3cnn(C)c3)c2)cc(-c2ccc3occ(C)c3c2)n1. The van der Waals surface area contributed by atoms with E-state index >= 15 is 0 Å². The lowest BCUT2D eigenvalue weighted by atomic mass is 10.1. The van der Waals surface area contributed by atoms with Crippen LogP contribution in [-0.2, 0) is 7.05 Å². The summed E-state index contributed by atoms with van der Waals surface area (Å²) in [5.74, 6) is 1.50. The standard InChI is InChI=1S/C25H24N6O/c1-15-14-32-24-6-5-19(9-21(15)24)23-11-25(30-17(3)29-23)28-16(2)18-7-8-26-22(10-18)20-12-27-31(4)13-20/h5-14,16H,1-4H3,(H,28,29,30)/t16-/m1/s1. The van der Waals surface area contributed by atoms with E-state index in [1.54, 1.807) is 10.9 Å². The molecule has 4 heterocycles. The van der Waals surface area contributed by atoms with E-state index in [0.717, 1.165) is 50.4 Å². The van der Waals surface area contributed by atoms with Gasteiger partial charge in [0.15, 0.2) is 0 Å². The average molecular weight is 425 g/mol. The first-order valence-electron chi connectivity index (χ1n) is 10.5. The molecule has 32 heavy (non-hydrogen) atoms. The van der Waals surface area contributed by atoms with Crippen LogP contribution in [0.1, 0.15) is 29.9 Å². The maximum absolute atomic E-state index is 5.58. The van der Waals surface area contributed by atoms with Crippen LogP contribution in [0.5, 0.6) is 0 Å². The van der Waals surface area contributed by atoms with Gasteiger partial charge in [-0.05, 0) is 62.2 Å². The lowest BCUT2D eigenvalue weighted by Gasteiger charge is -2.16. The van der Waals surface area contributed by atoms with Gasteiger partial charge in [-0.2, -0.15) is 5.10 Å². The quantitative estimate of drug-likeness (QED) is 0.403. The summed E-state index contributed by atoms with van der Waals surface area (Å²) in [5.41, 5.74) is 6.91. The van der Waals surface area contributed by atoms with Crippen LogP contribution in [0, 0.1) is 13.8 Å². The summed E-state index contributed by atoms with van der Waals surface area (Å²) >= 11 is 0. The first kappa shape index (κ1) is 19.9. The molecule has 4 aromatic heterocycles. The highest BCUT2D eigenvalue weighted by Crippen LogP contribution is 2.29. The van der Waals surface area contributed by atoms with Crippen molar-refractivity contribution < 1.29 is 4.42 Å². The Labute approximate surface area is 186 Å². The smallest absolute Gasteiger partial charge is 0.134 e. The van der Waals surface area contributed by atoms with E-state index in [-0.39, 0.29) is 6.04 Å². The normalized spacial score (nSPS) is 12.2. The summed E-state index contributed by atoms with van der Waals surface area (Å²) in [5, 5.41) is 8.86. The Morgan fingerprint density at radius 3 is 2.69 bits per heavy atom. The average Bonchev–Trinajstić information content (AvgIpc) is 3.39. The Morgan fingerprint density at radius 1 is 1.00 bits per heavy atom. The zero-order chi connectivity index (χ0) is 22.2. The minimum Gasteiger partial charge on any atom is -0.464 e. The van der Waals surface area contributed by atoms with Gasteiger partial charge in [-0.25, -0.2) is 9.97 Å². The number of aromatic nitrogens is 5.